The molecule has 2 aliphatic rings. The molecule has 0 saturated carbocycles. The van der Waals surface area contributed by atoms with E-state index in [-0.39, 0.29) is 12.6 Å². The molecule has 2 N–H and O–H groups in total. The van der Waals surface area contributed by atoms with Crippen molar-refractivity contribution in [1.82, 2.24) is 20.1 Å². The van der Waals surface area contributed by atoms with E-state index in [2.05, 4.69) is 65.3 Å². The first kappa shape index (κ1) is 24.2. The van der Waals surface area contributed by atoms with Gasteiger partial charge in [0.15, 0.2) is 11.1 Å². The maximum Gasteiger partial charge on any atom is 0.227 e. The Labute approximate surface area is 202 Å². The average Bonchev–Trinajstić information content (AvgIpc) is 3.31. The molecule has 1 aromatic carbocycles. The van der Waals surface area contributed by atoms with Crippen LogP contribution in [0.2, 0.25) is 0 Å². The lowest BCUT2D eigenvalue weighted by atomic mass is 10.1. The summed E-state index contributed by atoms with van der Waals surface area (Å²) in [6, 6.07) is 14.7. The first-order valence-electron chi connectivity index (χ1n) is 11.9. The smallest absolute Gasteiger partial charge is 0.227 e. The van der Waals surface area contributed by atoms with E-state index in [0.29, 0.717) is 18.5 Å². The predicted molar refractivity (Wildman–Crippen MR) is 144 cm³/mol. The van der Waals surface area contributed by atoms with Crippen molar-refractivity contribution in [3.8, 4) is 11.3 Å². The van der Waals surface area contributed by atoms with Crippen molar-refractivity contribution in [3.63, 3.8) is 0 Å². The van der Waals surface area contributed by atoms with Crippen LogP contribution in [0.15, 0.2) is 63.4 Å². The lowest BCUT2D eigenvalue weighted by Gasteiger charge is -2.29. The van der Waals surface area contributed by atoms with Crippen LogP contribution in [-0.4, -0.2) is 69.0 Å². The highest BCUT2D eigenvalue weighted by atomic mass is 31.1. The van der Waals surface area contributed by atoms with Gasteiger partial charge < -0.3 is 20.2 Å². The molecule has 0 amide bonds. The van der Waals surface area contributed by atoms with Crippen LogP contribution in [0.25, 0.3) is 11.3 Å². The van der Waals surface area contributed by atoms with Crippen molar-refractivity contribution >= 4 is 31.1 Å². The first-order valence-corrected chi connectivity index (χ1v) is 13.3. The van der Waals surface area contributed by atoms with E-state index in [1.54, 1.807) is 0 Å². The number of hydrogen-bond acceptors (Lipinski definition) is 8. The normalized spacial score (nSPS) is 18.8. The number of nitrogens with zero attached hydrogens (tertiary/aromatic N) is 6. The van der Waals surface area contributed by atoms with Crippen LogP contribution in [0, 0.1) is 0 Å². The number of aliphatic hydroxyl groups excluding tert-OH is 1. The Morgan fingerprint density at radius 3 is 2.53 bits per heavy atom. The number of pyridine rings is 1. The molecular formula is C25H34N7OP. The van der Waals surface area contributed by atoms with Gasteiger partial charge in [0, 0.05) is 31.4 Å². The lowest BCUT2D eigenvalue weighted by molar-refractivity contribution is 0.252. The SMILES string of the molecule is CCC(C)N1C=N[PH]2=C1N=C(N[C@H](CC)CO)N=C2N(C)Cc1ccc(-c2ccccn2)cc1. The second-order valence-corrected chi connectivity index (χ2v) is 10.5. The Morgan fingerprint density at radius 2 is 1.88 bits per heavy atom. The molecule has 2 unspecified atom stereocenters. The zero-order valence-electron chi connectivity index (χ0n) is 20.3. The largest absolute Gasteiger partial charge is 0.394 e. The minimum Gasteiger partial charge on any atom is -0.394 e. The second kappa shape index (κ2) is 11.0. The summed E-state index contributed by atoms with van der Waals surface area (Å²) >= 11 is 0. The van der Waals surface area contributed by atoms with Crippen molar-refractivity contribution < 1.29 is 5.11 Å². The van der Waals surface area contributed by atoms with Crippen molar-refractivity contribution in [2.75, 3.05) is 13.7 Å². The van der Waals surface area contributed by atoms with E-state index in [0.717, 1.165) is 35.2 Å². The molecule has 4 rings (SSSR count). The number of amidine groups is 1. The fraction of sp³-hybridized carbons (Fsp3) is 0.400. The number of aliphatic imine (C=N–C) groups is 2. The highest BCUT2D eigenvalue weighted by molar-refractivity contribution is 7.74. The zero-order valence-corrected chi connectivity index (χ0v) is 21.3. The lowest BCUT2D eigenvalue weighted by Crippen LogP contribution is -2.42. The van der Waals surface area contributed by atoms with E-state index in [4.69, 9.17) is 14.7 Å². The van der Waals surface area contributed by atoms with Gasteiger partial charge in [0.25, 0.3) is 0 Å². The Balaban J connectivity index is 1.58. The van der Waals surface area contributed by atoms with Gasteiger partial charge in [-0.3, -0.25) is 4.98 Å². The number of aliphatic hydroxyl groups is 1. The van der Waals surface area contributed by atoms with Gasteiger partial charge in [-0.15, -0.1) is 0 Å². The molecule has 2 aliphatic heterocycles. The average molecular weight is 480 g/mol. The molecule has 0 aliphatic carbocycles. The zero-order chi connectivity index (χ0) is 24.1. The summed E-state index contributed by atoms with van der Waals surface area (Å²) in [6.07, 6.45) is 5.53. The molecule has 0 bridgehead atoms. The molecule has 2 aromatic rings. The predicted octanol–water partition coefficient (Wildman–Crippen LogP) is 3.63. The van der Waals surface area contributed by atoms with Crippen LogP contribution in [0.5, 0.6) is 0 Å². The van der Waals surface area contributed by atoms with Gasteiger partial charge in [-0.1, -0.05) is 44.2 Å². The van der Waals surface area contributed by atoms with Gasteiger partial charge in [0.2, 0.25) is 5.96 Å². The number of nitrogens with one attached hydrogen (secondary N) is 1. The summed E-state index contributed by atoms with van der Waals surface area (Å²) < 4.78 is 4.86. The van der Waals surface area contributed by atoms with Crippen LogP contribution in [0.1, 0.15) is 39.2 Å². The first-order chi connectivity index (χ1) is 16.5. The summed E-state index contributed by atoms with van der Waals surface area (Å²) in [5, 5.41) is 13.0. The van der Waals surface area contributed by atoms with Crippen LogP contribution in [-0.2, 0) is 6.54 Å². The van der Waals surface area contributed by atoms with E-state index in [1.165, 1.54) is 5.56 Å². The van der Waals surface area contributed by atoms with Crippen molar-refractivity contribution in [2.24, 2.45) is 14.7 Å². The van der Waals surface area contributed by atoms with Crippen LogP contribution in [0.4, 0.5) is 0 Å². The highest BCUT2D eigenvalue weighted by Gasteiger charge is 2.30. The molecule has 0 radical (unpaired) electrons. The fourth-order valence-electron chi connectivity index (χ4n) is 3.87. The molecular weight excluding hydrogens is 445 g/mol. The number of guanidine groups is 1. The van der Waals surface area contributed by atoms with E-state index >= 15 is 0 Å². The third kappa shape index (κ3) is 5.24. The monoisotopic (exact) mass is 479 g/mol. The molecule has 1 aromatic heterocycles. The summed E-state index contributed by atoms with van der Waals surface area (Å²) in [6.45, 7) is 7.15. The maximum atomic E-state index is 9.68. The standard InChI is InChI=1S/C25H34N7OP/c1-5-18(3)32-17-27-34-24(29-23(30-25(32)34)28-21(6-2)16-33)31(4)15-19-10-12-20(13-11-19)22-9-7-8-14-26-22/h7-14,17-18,21,33-34H,5-6,15-16H2,1-4H3,(H,28,29,30)/t18?,21-/m1/s1. The van der Waals surface area contributed by atoms with Gasteiger partial charge in [0.05, 0.1) is 32.4 Å². The number of benzene rings is 1. The minimum atomic E-state index is -1.46. The molecule has 3 atom stereocenters. The number of hydrogen-bond donors (Lipinski definition) is 2. The number of rotatable bonds is 8. The molecule has 8 nitrogen and oxygen atoms in total. The Kier molecular flexibility index (Phi) is 7.80. The van der Waals surface area contributed by atoms with Crippen LogP contribution < -0.4 is 5.32 Å². The van der Waals surface area contributed by atoms with Crippen molar-refractivity contribution in [2.45, 2.75) is 52.2 Å². The molecule has 34 heavy (non-hydrogen) atoms. The topological polar surface area (TPSA) is 88.7 Å². The van der Waals surface area contributed by atoms with E-state index < -0.39 is 7.70 Å². The summed E-state index contributed by atoms with van der Waals surface area (Å²) in [5.74, 6) is 0.552. The maximum absolute atomic E-state index is 9.68. The van der Waals surface area contributed by atoms with Gasteiger partial charge in [-0.05, 0) is 37.5 Å². The van der Waals surface area contributed by atoms with Crippen molar-refractivity contribution in [3.05, 3.63) is 54.2 Å². The number of aromatic nitrogens is 1. The Hall–Kier alpha value is -2.96. The molecule has 9 heteroatoms. The molecule has 0 fully saturated rings. The summed E-state index contributed by atoms with van der Waals surface area (Å²) in [4.78, 5) is 18.5. The van der Waals surface area contributed by atoms with Gasteiger partial charge in [-0.25, -0.2) is 4.76 Å². The Morgan fingerprint density at radius 1 is 1.09 bits per heavy atom. The van der Waals surface area contributed by atoms with Gasteiger partial charge in [0.1, 0.15) is 0 Å². The molecule has 3 heterocycles. The Bertz CT molecular complexity index is 1110. The quantitative estimate of drug-likeness (QED) is 0.565. The fourth-order valence-corrected chi connectivity index (χ4v) is 5.93. The highest BCUT2D eigenvalue weighted by Crippen LogP contribution is 2.39. The van der Waals surface area contributed by atoms with Crippen molar-refractivity contribution in [1.29, 1.82) is 0 Å². The second-order valence-electron chi connectivity index (χ2n) is 8.65. The van der Waals surface area contributed by atoms with E-state index in [9.17, 15) is 5.11 Å². The van der Waals surface area contributed by atoms with Crippen LogP contribution in [0.3, 0.4) is 0 Å². The molecule has 180 valence electrons. The van der Waals surface area contributed by atoms with E-state index in [1.807, 2.05) is 37.7 Å². The van der Waals surface area contributed by atoms with Gasteiger partial charge in [-0.2, -0.15) is 9.98 Å². The minimum absolute atomic E-state index is 0.0392. The summed E-state index contributed by atoms with van der Waals surface area (Å²) in [7, 11) is 0.607. The van der Waals surface area contributed by atoms with Gasteiger partial charge >= 0.3 is 0 Å². The third-order valence-electron chi connectivity index (χ3n) is 6.21. The molecule has 0 saturated heterocycles. The summed E-state index contributed by atoms with van der Waals surface area (Å²) in [5.41, 5.74) is 5.18. The third-order valence-corrected chi connectivity index (χ3v) is 8.30. The van der Waals surface area contributed by atoms with Crippen LogP contribution >= 0.6 is 7.70 Å². The molecule has 0 spiro atoms.